The Hall–Kier alpha value is -1.69. The van der Waals surface area contributed by atoms with Crippen LogP contribution in [0.25, 0.3) is 0 Å². The Morgan fingerprint density at radius 2 is 1.88 bits per heavy atom. The van der Waals surface area contributed by atoms with E-state index in [1.54, 1.807) is 4.90 Å². The molecule has 0 bridgehead atoms. The molecule has 3 rings (SSSR count). The number of carbonyl (C=O) groups is 1. The lowest BCUT2D eigenvalue weighted by atomic mass is 10.1. The number of hydrogen-bond donors (Lipinski definition) is 3. The van der Waals surface area contributed by atoms with Crippen LogP contribution in [-0.4, -0.2) is 38.6 Å². The smallest absolute Gasteiger partial charge is 0.279 e. The third-order valence-electron chi connectivity index (χ3n) is 4.75. The highest BCUT2D eigenvalue weighted by Gasteiger charge is 2.25. The minimum Gasteiger partial charge on any atom is -0.321 e. The van der Waals surface area contributed by atoms with E-state index in [0.29, 0.717) is 6.54 Å². The van der Waals surface area contributed by atoms with Crippen molar-refractivity contribution in [1.29, 1.82) is 0 Å². The van der Waals surface area contributed by atoms with Crippen LogP contribution in [0.3, 0.4) is 0 Å². The molecule has 2 heterocycles. The molecule has 0 spiro atoms. The molecule has 3 N–H and O–H groups in total. The molecule has 1 saturated heterocycles. The molecular weight excluding hydrogens is 318 g/mol. The van der Waals surface area contributed by atoms with E-state index in [2.05, 4.69) is 41.9 Å². The predicted molar refractivity (Wildman–Crippen MR) is 98.8 cm³/mol. The minimum atomic E-state index is 0.125. The molecule has 1 aromatic carbocycles. The molecule has 0 atom stereocenters. The fraction of sp³-hybridized carbons (Fsp3) is 0.421. The second kappa shape index (κ2) is 7.92. The largest absolute Gasteiger partial charge is 0.321 e. The Labute approximate surface area is 148 Å². The van der Waals surface area contributed by atoms with Crippen molar-refractivity contribution in [3.05, 3.63) is 51.7 Å². The summed E-state index contributed by atoms with van der Waals surface area (Å²) in [5.74, 6) is 0.125. The number of anilines is 1. The molecule has 5 heteroatoms. The summed E-state index contributed by atoms with van der Waals surface area (Å²) in [6.07, 6.45) is 0. The summed E-state index contributed by atoms with van der Waals surface area (Å²) >= 11 is 1.84. The van der Waals surface area contributed by atoms with Gasteiger partial charge in [0.1, 0.15) is 32.7 Å². The average Bonchev–Trinajstić information content (AvgIpc) is 3.06. The molecule has 1 aliphatic heterocycles. The molecule has 1 amide bonds. The molecule has 1 aliphatic rings. The van der Waals surface area contributed by atoms with E-state index in [9.17, 15) is 4.79 Å². The lowest BCUT2D eigenvalue weighted by molar-refractivity contribution is -1.01. The number of carbonyl (C=O) groups excluding carboxylic acids is 1. The fourth-order valence-corrected chi connectivity index (χ4v) is 4.04. The van der Waals surface area contributed by atoms with Gasteiger partial charge in [-0.05, 0) is 42.5 Å². The number of amides is 1. The van der Waals surface area contributed by atoms with E-state index >= 15 is 0 Å². The van der Waals surface area contributed by atoms with E-state index < -0.39 is 0 Å². The van der Waals surface area contributed by atoms with Gasteiger partial charge in [0.2, 0.25) is 0 Å². The van der Waals surface area contributed by atoms with E-state index in [0.717, 1.165) is 44.0 Å². The van der Waals surface area contributed by atoms with Gasteiger partial charge < -0.3 is 15.1 Å². The summed E-state index contributed by atoms with van der Waals surface area (Å²) in [4.78, 5) is 16.8. The standard InChI is InChI=1S/C19H25N3OS/c1-15-5-6-16(2)18(12-15)20-19(23)14-22-9-7-21(8-10-22)13-17-4-3-11-24-17/h3-6,11-12H,7-10,13-14H2,1-2H3,(H,20,23)/p+2. The predicted octanol–water partition coefficient (Wildman–Crippen LogP) is 0.287. The van der Waals surface area contributed by atoms with Crippen LogP contribution in [0.15, 0.2) is 35.7 Å². The van der Waals surface area contributed by atoms with Gasteiger partial charge in [-0.2, -0.15) is 0 Å². The van der Waals surface area contributed by atoms with Crippen LogP contribution >= 0.6 is 11.3 Å². The van der Waals surface area contributed by atoms with E-state index in [1.165, 1.54) is 15.3 Å². The Balaban J connectivity index is 1.45. The highest BCUT2D eigenvalue weighted by molar-refractivity contribution is 7.09. The third kappa shape index (κ3) is 4.66. The normalized spacial score (nSPS) is 20.8. The number of aryl methyl sites for hydroxylation is 2. The first-order chi connectivity index (χ1) is 11.6. The number of rotatable bonds is 5. The van der Waals surface area contributed by atoms with Crippen molar-refractivity contribution in [1.82, 2.24) is 0 Å². The molecule has 4 nitrogen and oxygen atoms in total. The number of benzene rings is 1. The van der Waals surface area contributed by atoms with Gasteiger partial charge >= 0.3 is 0 Å². The molecule has 128 valence electrons. The molecule has 1 aromatic heterocycles. The van der Waals surface area contributed by atoms with E-state index in [1.807, 2.05) is 24.3 Å². The minimum absolute atomic E-state index is 0.125. The van der Waals surface area contributed by atoms with Crippen LogP contribution in [0.5, 0.6) is 0 Å². The lowest BCUT2D eigenvalue weighted by Gasteiger charge is -2.29. The third-order valence-corrected chi connectivity index (χ3v) is 5.62. The van der Waals surface area contributed by atoms with Crippen molar-refractivity contribution < 1.29 is 14.6 Å². The van der Waals surface area contributed by atoms with Crippen molar-refractivity contribution in [2.24, 2.45) is 0 Å². The van der Waals surface area contributed by atoms with Crippen LogP contribution in [0.1, 0.15) is 16.0 Å². The van der Waals surface area contributed by atoms with E-state index in [-0.39, 0.29) is 5.91 Å². The van der Waals surface area contributed by atoms with Crippen molar-refractivity contribution in [2.75, 3.05) is 38.0 Å². The summed E-state index contributed by atoms with van der Waals surface area (Å²) < 4.78 is 0. The lowest BCUT2D eigenvalue weighted by Crippen LogP contribution is -3.28. The number of hydrogen-bond acceptors (Lipinski definition) is 2. The van der Waals surface area contributed by atoms with Gasteiger partial charge in [-0.1, -0.05) is 18.2 Å². The second-order valence-electron chi connectivity index (χ2n) is 6.80. The van der Waals surface area contributed by atoms with E-state index in [4.69, 9.17) is 0 Å². The maximum Gasteiger partial charge on any atom is 0.279 e. The average molecular weight is 346 g/mol. The van der Waals surface area contributed by atoms with Crippen molar-refractivity contribution in [3.8, 4) is 0 Å². The highest BCUT2D eigenvalue weighted by Crippen LogP contribution is 2.15. The summed E-state index contributed by atoms with van der Waals surface area (Å²) in [7, 11) is 0. The van der Waals surface area contributed by atoms with Gasteiger partial charge in [-0.3, -0.25) is 4.79 Å². The molecular formula is C19H27N3OS+2. The zero-order valence-corrected chi connectivity index (χ0v) is 15.3. The van der Waals surface area contributed by atoms with Gasteiger partial charge in [0.05, 0.1) is 4.88 Å². The number of nitrogens with one attached hydrogen (secondary N) is 3. The zero-order chi connectivity index (χ0) is 16.9. The maximum atomic E-state index is 12.3. The number of quaternary nitrogens is 2. The van der Waals surface area contributed by atoms with Crippen LogP contribution in [-0.2, 0) is 11.3 Å². The maximum absolute atomic E-state index is 12.3. The fourth-order valence-electron chi connectivity index (χ4n) is 3.26. The quantitative estimate of drug-likeness (QED) is 0.716. The first-order valence-corrected chi connectivity index (χ1v) is 9.55. The number of thiophene rings is 1. The molecule has 0 radical (unpaired) electrons. The van der Waals surface area contributed by atoms with Gasteiger partial charge in [-0.25, -0.2) is 0 Å². The van der Waals surface area contributed by atoms with Crippen LogP contribution < -0.4 is 15.1 Å². The highest BCUT2D eigenvalue weighted by atomic mass is 32.1. The van der Waals surface area contributed by atoms with Gasteiger partial charge in [0.25, 0.3) is 5.91 Å². The van der Waals surface area contributed by atoms with Gasteiger partial charge in [0, 0.05) is 5.69 Å². The van der Waals surface area contributed by atoms with Crippen LogP contribution in [0.2, 0.25) is 0 Å². The zero-order valence-electron chi connectivity index (χ0n) is 14.5. The molecule has 24 heavy (non-hydrogen) atoms. The Kier molecular flexibility index (Phi) is 5.66. The Bertz CT molecular complexity index is 676. The Morgan fingerprint density at radius 1 is 1.12 bits per heavy atom. The first-order valence-electron chi connectivity index (χ1n) is 8.67. The molecule has 0 saturated carbocycles. The second-order valence-corrected chi connectivity index (χ2v) is 7.83. The Morgan fingerprint density at radius 3 is 2.58 bits per heavy atom. The van der Waals surface area contributed by atoms with Gasteiger partial charge in [-0.15, -0.1) is 11.3 Å². The molecule has 0 aliphatic carbocycles. The van der Waals surface area contributed by atoms with Crippen LogP contribution in [0, 0.1) is 13.8 Å². The van der Waals surface area contributed by atoms with Gasteiger partial charge in [0.15, 0.2) is 6.54 Å². The number of piperazine rings is 1. The van der Waals surface area contributed by atoms with Crippen molar-refractivity contribution in [2.45, 2.75) is 20.4 Å². The summed E-state index contributed by atoms with van der Waals surface area (Å²) in [6.45, 7) is 10.2. The molecule has 0 unspecified atom stereocenters. The van der Waals surface area contributed by atoms with Crippen molar-refractivity contribution >= 4 is 22.9 Å². The summed E-state index contributed by atoms with van der Waals surface area (Å²) in [6, 6.07) is 10.5. The topological polar surface area (TPSA) is 38.0 Å². The molecule has 1 fully saturated rings. The summed E-state index contributed by atoms with van der Waals surface area (Å²) in [5, 5.41) is 5.23. The first kappa shape index (κ1) is 17.1. The van der Waals surface area contributed by atoms with Crippen LogP contribution in [0.4, 0.5) is 5.69 Å². The molecule has 2 aromatic rings. The van der Waals surface area contributed by atoms with Crippen molar-refractivity contribution in [3.63, 3.8) is 0 Å². The summed E-state index contributed by atoms with van der Waals surface area (Å²) in [5.41, 5.74) is 3.24. The monoisotopic (exact) mass is 345 g/mol. The SMILES string of the molecule is Cc1ccc(C)c(NC(=O)C[NH+]2CC[NH+](Cc3cccs3)CC2)c1.